The van der Waals surface area contributed by atoms with Gasteiger partial charge in [-0.3, -0.25) is 0 Å². The summed E-state index contributed by atoms with van der Waals surface area (Å²) in [5, 5.41) is 10.2. The van der Waals surface area contributed by atoms with E-state index in [4.69, 9.17) is 10.5 Å². The number of hydrogen-bond donors (Lipinski definition) is 2. The van der Waals surface area contributed by atoms with Crippen molar-refractivity contribution in [3.8, 4) is 0 Å². The van der Waals surface area contributed by atoms with Gasteiger partial charge in [0.15, 0.2) is 6.10 Å². The summed E-state index contributed by atoms with van der Waals surface area (Å²) in [4.78, 5) is 10.9. The zero-order chi connectivity index (χ0) is 13.1. The fourth-order valence-corrected chi connectivity index (χ4v) is 1.54. The summed E-state index contributed by atoms with van der Waals surface area (Å²) in [5.74, 6) is 0. The first-order chi connectivity index (χ1) is 7.82. The van der Waals surface area contributed by atoms with E-state index in [0.717, 1.165) is 5.56 Å². The van der Waals surface area contributed by atoms with E-state index in [1.165, 1.54) is 0 Å². The Bertz CT molecular complexity index is 370. The zero-order valence-electron chi connectivity index (χ0n) is 10.4. The van der Waals surface area contributed by atoms with Gasteiger partial charge in [0.05, 0.1) is 0 Å². The van der Waals surface area contributed by atoms with Crippen molar-refractivity contribution in [3.05, 3.63) is 35.9 Å². The first-order valence-electron chi connectivity index (χ1n) is 5.51. The number of nitrogens with two attached hydrogens (primary N) is 1. The van der Waals surface area contributed by atoms with Crippen molar-refractivity contribution >= 4 is 6.09 Å². The van der Waals surface area contributed by atoms with Crippen LogP contribution >= 0.6 is 0 Å². The number of aliphatic hydroxyl groups excluding tert-OH is 1. The molecule has 0 radical (unpaired) electrons. The van der Waals surface area contributed by atoms with Crippen LogP contribution in [0.25, 0.3) is 0 Å². The van der Waals surface area contributed by atoms with Crippen LogP contribution in [0.3, 0.4) is 0 Å². The number of carbonyl (C=O) groups excluding carboxylic acids is 1. The second-order valence-corrected chi connectivity index (χ2v) is 5.08. The van der Waals surface area contributed by atoms with E-state index in [1.807, 2.05) is 39.0 Å². The van der Waals surface area contributed by atoms with Gasteiger partial charge in [-0.2, -0.15) is 0 Å². The van der Waals surface area contributed by atoms with Gasteiger partial charge in [0.25, 0.3) is 0 Å². The molecule has 0 saturated carbocycles. The highest BCUT2D eigenvalue weighted by Crippen LogP contribution is 2.32. The number of aliphatic hydroxyl groups is 1. The fourth-order valence-electron chi connectivity index (χ4n) is 1.54. The number of ether oxygens (including phenoxy) is 1. The summed E-state index contributed by atoms with van der Waals surface area (Å²) >= 11 is 0. The Hall–Kier alpha value is -1.55. The number of hydrogen-bond acceptors (Lipinski definition) is 3. The van der Waals surface area contributed by atoms with Gasteiger partial charge in [0.1, 0.15) is 6.10 Å². The van der Waals surface area contributed by atoms with Crippen LogP contribution in [-0.4, -0.2) is 17.3 Å². The van der Waals surface area contributed by atoms with E-state index >= 15 is 0 Å². The summed E-state index contributed by atoms with van der Waals surface area (Å²) < 4.78 is 5.01. The summed E-state index contributed by atoms with van der Waals surface area (Å²) in [6.45, 7) is 5.62. The molecule has 0 bridgehead atoms. The molecule has 1 unspecified atom stereocenters. The van der Waals surface area contributed by atoms with Gasteiger partial charge in [-0.25, -0.2) is 4.79 Å². The van der Waals surface area contributed by atoms with E-state index in [1.54, 1.807) is 12.1 Å². The molecule has 0 aliphatic heterocycles. The lowest BCUT2D eigenvalue weighted by atomic mass is 9.83. The third kappa shape index (κ3) is 3.75. The second kappa shape index (κ2) is 5.19. The van der Waals surface area contributed by atoms with Crippen molar-refractivity contribution in [2.75, 3.05) is 0 Å². The molecular formula is C13H19NO3. The van der Waals surface area contributed by atoms with E-state index < -0.39 is 23.7 Å². The molecule has 4 nitrogen and oxygen atoms in total. The van der Waals surface area contributed by atoms with Gasteiger partial charge in [0, 0.05) is 0 Å². The first-order valence-corrected chi connectivity index (χ1v) is 5.51. The molecule has 1 amide bonds. The topological polar surface area (TPSA) is 72.6 Å². The number of primary amides is 1. The summed E-state index contributed by atoms with van der Waals surface area (Å²) in [6, 6.07) is 9.09. The van der Waals surface area contributed by atoms with Gasteiger partial charge >= 0.3 is 6.09 Å². The van der Waals surface area contributed by atoms with Crippen molar-refractivity contribution in [1.29, 1.82) is 0 Å². The van der Waals surface area contributed by atoms with Crippen molar-refractivity contribution in [2.45, 2.75) is 33.0 Å². The molecule has 0 aliphatic rings. The van der Waals surface area contributed by atoms with Crippen molar-refractivity contribution < 1.29 is 14.6 Å². The lowest BCUT2D eigenvalue weighted by Gasteiger charge is -2.32. The summed E-state index contributed by atoms with van der Waals surface area (Å²) in [5.41, 5.74) is 5.36. The van der Waals surface area contributed by atoms with E-state index in [0.29, 0.717) is 0 Å². The molecule has 1 aromatic rings. The molecular weight excluding hydrogens is 218 g/mol. The quantitative estimate of drug-likeness (QED) is 0.846. The van der Waals surface area contributed by atoms with Crippen LogP contribution in [0.5, 0.6) is 0 Å². The van der Waals surface area contributed by atoms with Crippen LogP contribution in [0, 0.1) is 5.41 Å². The molecule has 1 aromatic carbocycles. The minimum atomic E-state index is -0.887. The van der Waals surface area contributed by atoms with Crippen molar-refractivity contribution in [2.24, 2.45) is 11.1 Å². The maximum atomic E-state index is 10.9. The second-order valence-electron chi connectivity index (χ2n) is 5.08. The predicted octanol–water partition coefficient (Wildman–Crippen LogP) is 2.23. The van der Waals surface area contributed by atoms with Crippen molar-refractivity contribution in [1.82, 2.24) is 0 Å². The molecule has 2 atom stereocenters. The van der Waals surface area contributed by atoms with Gasteiger partial charge in [-0.15, -0.1) is 0 Å². The Labute approximate surface area is 101 Å². The van der Waals surface area contributed by atoms with Crippen LogP contribution in [0.15, 0.2) is 30.3 Å². The lowest BCUT2D eigenvalue weighted by molar-refractivity contribution is -0.0508. The van der Waals surface area contributed by atoms with Crippen LogP contribution < -0.4 is 5.73 Å². The highest BCUT2D eigenvalue weighted by molar-refractivity contribution is 5.65. The third-order valence-corrected chi connectivity index (χ3v) is 2.55. The number of benzene rings is 1. The van der Waals surface area contributed by atoms with Crippen LogP contribution in [0.2, 0.25) is 0 Å². The molecule has 0 spiro atoms. The van der Waals surface area contributed by atoms with Gasteiger partial charge < -0.3 is 15.6 Å². The first kappa shape index (κ1) is 13.5. The molecule has 17 heavy (non-hydrogen) atoms. The maximum absolute atomic E-state index is 10.9. The third-order valence-electron chi connectivity index (χ3n) is 2.55. The zero-order valence-corrected chi connectivity index (χ0v) is 10.4. The Kier molecular flexibility index (Phi) is 4.12. The van der Waals surface area contributed by atoms with Gasteiger partial charge in [-0.1, -0.05) is 51.1 Å². The number of carbonyl (C=O) groups is 1. The molecule has 0 fully saturated rings. The minimum absolute atomic E-state index is 0.407. The number of amides is 1. The molecule has 0 aliphatic carbocycles. The van der Waals surface area contributed by atoms with Crippen LogP contribution in [0.1, 0.15) is 32.4 Å². The summed E-state index contributed by atoms with van der Waals surface area (Å²) in [6.07, 6.45) is -2.45. The fraction of sp³-hybridized carbons (Fsp3) is 0.462. The Morgan fingerprint density at radius 2 is 1.82 bits per heavy atom. The molecule has 0 heterocycles. The lowest BCUT2D eigenvalue weighted by Crippen LogP contribution is -2.36. The van der Waals surface area contributed by atoms with Gasteiger partial charge in [0.2, 0.25) is 0 Å². The molecule has 0 aromatic heterocycles. The Morgan fingerprint density at radius 3 is 2.24 bits per heavy atom. The average Bonchev–Trinajstić information content (AvgIpc) is 2.24. The highest BCUT2D eigenvalue weighted by Gasteiger charge is 2.33. The van der Waals surface area contributed by atoms with E-state index in [2.05, 4.69) is 0 Å². The molecule has 1 rings (SSSR count). The SMILES string of the molecule is CC(C)(C)C(O)[C@H](OC(N)=O)c1ccccc1. The monoisotopic (exact) mass is 237 g/mol. The number of rotatable bonds is 3. The molecule has 94 valence electrons. The van der Waals surface area contributed by atoms with Crippen molar-refractivity contribution in [3.63, 3.8) is 0 Å². The predicted molar refractivity (Wildman–Crippen MR) is 65.3 cm³/mol. The Balaban J connectivity index is 3.00. The molecule has 4 heteroatoms. The minimum Gasteiger partial charge on any atom is -0.439 e. The van der Waals surface area contributed by atoms with Crippen LogP contribution in [-0.2, 0) is 4.74 Å². The standard InChI is InChI=1S/C13H19NO3/c1-13(2,3)11(15)10(17-12(14)16)9-7-5-4-6-8-9/h4-8,10-11,15H,1-3H3,(H2,14,16)/t10-,11?/m1/s1. The van der Waals surface area contributed by atoms with Gasteiger partial charge in [-0.05, 0) is 11.0 Å². The molecule has 3 N–H and O–H groups in total. The summed E-state index contributed by atoms with van der Waals surface area (Å²) in [7, 11) is 0. The average molecular weight is 237 g/mol. The molecule has 0 saturated heterocycles. The largest absolute Gasteiger partial charge is 0.439 e. The van der Waals surface area contributed by atoms with E-state index in [9.17, 15) is 9.90 Å². The Morgan fingerprint density at radius 1 is 1.29 bits per heavy atom. The van der Waals surface area contributed by atoms with E-state index in [-0.39, 0.29) is 0 Å². The maximum Gasteiger partial charge on any atom is 0.405 e. The normalized spacial score (nSPS) is 15.1. The highest BCUT2D eigenvalue weighted by atomic mass is 16.6. The smallest absolute Gasteiger partial charge is 0.405 e. The van der Waals surface area contributed by atoms with Crippen LogP contribution in [0.4, 0.5) is 4.79 Å².